The molecule has 3 rings (SSSR count). The molecule has 2 saturated heterocycles. The van der Waals surface area contributed by atoms with Gasteiger partial charge in [0.2, 0.25) is 5.91 Å². The van der Waals surface area contributed by atoms with E-state index in [0.717, 1.165) is 38.6 Å². The Hall–Kier alpha value is -0.610. The van der Waals surface area contributed by atoms with Gasteiger partial charge in [-0.25, -0.2) is 0 Å². The van der Waals surface area contributed by atoms with Gasteiger partial charge in [-0.2, -0.15) is 0 Å². The van der Waals surface area contributed by atoms with Crippen LogP contribution < -0.4 is 5.32 Å². The molecule has 0 radical (unpaired) electrons. The smallest absolute Gasteiger partial charge is 0.236 e. The topological polar surface area (TPSA) is 35.6 Å². The molecule has 2 aliphatic heterocycles. The van der Waals surface area contributed by atoms with Crippen LogP contribution in [0.2, 0.25) is 0 Å². The Balaban J connectivity index is 1.49. The van der Waals surface area contributed by atoms with Crippen molar-refractivity contribution in [3.8, 4) is 0 Å². The molecule has 1 aliphatic carbocycles. The van der Waals surface area contributed by atoms with Gasteiger partial charge < -0.3 is 10.2 Å². The van der Waals surface area contributed by atoms with Gasteiger partial charge in [0, 0.05) is 32.2 Å². The summed E-state index contributed by atoms with van der Waals surface area (Å²) in [7, 11) is 0. The number of rotatable bonds is 6. The summed E-state index contributed by atoms with van der Waals surface area (Å²) in [6.45, 7) is 5.97. The summed E-state index contributed by atoms with van der Waals surface area (Å²) in [4.78, 5) is 17.0. The van der Waals surface area contributed by atoms with E-state index in [4.69, 9.17) is 0 Å². The number of carbonyl (C=O) groups is 1. The van der Waals surface area contributed by atoms with Crippen LogP contribution in [0.25, 0.3) is 0 Å². The number of carbonyl (C=O) groups excluding carboxylic acids is 1. The summed E-state index contributed by atoms with van der Waals surface area (Å²) in [5.41, 5.74) is 0. The van der Waals surface area contributed by atoms with E-state index in [0.29, 0.717) is 18.5 Å². The minimum absolute atomic E-state index is 0.364. The van der Waals surface area contributed by atoms with Crippen molar-refractivity contribution in [1.29, 1.82) is 0 Å². The molecule has 1 atom stereocenters. The normalized spacial score (nSPS) is 27.2. The maximum absolute atomic E-state index is 12.4. The predicted molar refractivity (Wildman–Crippen MR) is 80.6 cm³/mol. The molecule has 0 aromatic rings. The Morgan fingerprint density at radius 1 is 1.05 bits per heavy atom. The molecule has 3 fully saturated rings. The first-order valence-electron chi connectivity index (χ1n) is 8.55. The molecular weight excluding hydrogens is 250 g/mol. The maximum atomic E-state index is 12.4. The molecule has 114 valence electrons. The minimum Gasteiger partial charge on any atom is -0.342 e. The molecule has 1 unspecified atom stereocenters. The van der Waals surface area contributed by atoms with Gasteiger partial charge in [-0.3, -0.25) is 9.69 Å². The summed E-state index contributed by atoms with van der Waals surface area (Å²) in [6.07, 6.45) is 8.98. The van der Waals surface area contributed by atoms with Crippen LogP contribution in [0.15, 0.2) is 0 Å². The van der Waals surface area contributed by atoms with Gasteiger partial charge in [-0.1, -0.05) is 0 Å². The Kier molecular flexibility index (Phi) is 4.94. The van der Waals surface area contributed by atoms with E-state index in [2.05, 4.69) is 15.1 Å². The summed E-state index contributed by atoms with van der Waals surface area (Å²) in [5.74, 6) is 1.23. The average molecular weight is 279 g/mol. The van der Waals surface area contributed by atoms with Crippen molar-refractivity contribution in [3.05, 3.63) is 0 Å². The fourth-order valence-corrected chi connectivity index (χ4v) is 3.53. The van der Waals surface area contributed by atoms with Crippen molar-refractivity contribution in [2.24, 2.45) is 5.92 Å². The standard InChI is InChI=1S/C16H29N3O/c20-16(19-9-2-1-3-10-19)13-18(11-14-6-7-14)12-15-5-4-8-17-15/h14-15,17H,1-13H2. The lowest BCUT2D eigenvalue weighted by atomic mass is 10.1. The average Bonchev–Trinajstić information content (AvgIpc) is 3.13. The van der Waals surface area contributed by atoms with Crippen molar-refractivity contribution in [2.75, 3.05) is 39.3 Å². The number of hydrogen-bond acceptors (Lipinski definition) is 3. The van der Waals surface area contributed by atoms with E-state index >= 15 is 0 Å². The highest BCUT2D eigenvalue weighted by Crippen LogP contribution is 2.30. The second kappa shape index (κ2) is 6.90. The molecule has 0 bridgehead atoms. The van der Waals surface area contributed by atoms with Gasteiger partial charge in [-0.15, -0.1) is 0 Å². The molecule has 4 heteroatoms. The lowest BCUT2D eigenvalue weighted by Crippen LogP contribution is -2.46. The van der Waals surface area contributed by atoms with Crippen molar-refractivity contribution in [1.82, 2.24) is 15.1 Å². The zero-order valence-corrected chi connectivity index (χ0v) is 12.6. The first-order chi connectivity index (χ1) is 9.81. The van der Waals surface area contributed by atoms with E-state index < -0.39 is 0 Å². The second-order valence-electron chi connectivity index (χ2n) is 6.87. The zero-order valence-electron chi connectivity index (χ0n) is 12.6. The quantitative estimate of drug-likeness (QED) is 0.799. The third kappa shape index (κ3) is 4.19. The van der Waals surface area contributed by atoms with Gasteiger partial charge in [-0.05, 0) is 57.4 Å². The van der Waals surface area contributed by atoms with Crippen molar-refractivity contribution < 1.29 is 4.79 Å². The van der Waals surface area contributed by atoms with Crippen LogP contribution in [0.1, 0.15) is 44.9 Å². The summed E-state index contributed by atoms with van der Waals surface area (Å²) in [5, 5.41) is 3.57. The zero-order chi connectivity index (χ0) is 13.8. The van der Waals surface area contributed by atoms with Crippen LogP contribution in [0.3, 0.4) is 0 Å². The fourth-order valence-electron chi connectivity index (χ4n) is 3.53. The Morgan fingerprint density at radius 2 is 1.85 bits per heavy atom. The number of amides is 1. The van der Waals surface area contributed by atoms with Gasteiger partial charge in [0.15, 0.2) is 0 Å². The van der Waals surface area contributed by atoms with Crippen LogP contribution in [0.4, 0.5) is 0 Å². The van der Waals surface area contributed by atoms with Crippen molar-refractivity contribution in [2.45, 2.75) is 51.0 Å². The van der Waals surface area contributed by atoms with E-state index in [-0.39, 0.29) is 0 Å². The minimum atomic E-state index is 0.364. The van der Waals surface area contributed by atoms with Crippen LogP contribution in [0, 0.1) is 5.92 Å². The Morgan fingerprint density at radius 3 is 2.50 bits per heavy atom. The molecule has 1 saturated carbocycles. The summed E-state index contributed by atoms with van der Waals surface area (Å²) >= 11 is 0. The van der Waals surface area contributed by atoms with Gasteiger partial charge in [0.05, 0.1) is 6.54 Å². The molecule has 3 aliphatic rings. The SMILES string of the molecule is O=C(CN(CC1CC1)CC1CCCN1)N1CCCCC1. The molecule has 2 heterocycles. The first-order valence-corrected chi connectivity index (χ1v) is 8.55. The van der Waals surface area contributed by atoms with E-state index in [1.54, 1.807) is 0 Å². The molecule has 20 heavy (non-hydrogen) atoms. The van der Waals surface area contributed by atoms with Crippen molar-refractivity contribution in [3.63, 3.8) is 0 Å². The monoisotopic (exact) mass is 279 g/mol. The van der Waals surface area contributed by atoms with Crippen LogP contribution >= 0.6 is 0 Å². The van der Waals surface area contributed by atoms with Crippen LogP contribution in [0.5, 0.6) is 0 Å². The first kappa shape index (κ1) is 14.3. The van der Waals surface area contributed by atoms with Gasteiger partial charge in [0.1, 0.15) is 0 Å². The highest BCUT2D eigenvalue weighted by atomic mass is 16.2. The Labute approximate surface area is 122 Å². The largest absolute Gasteiger partial charge is 0.342 e. The van der Waals surface area contributed by atoms with E-state index in [1.807, 2.05) is 0 Å². The van der Waals surface area contributed by atoms with Crippen LogP contribution in [-0.4, -0.2) is 61.0 Å². The number of likely N-dealkylation sites (tertiary alicyclic amines) is 1. The predicted octanol–water partition coefficient (Wildman–Crippen LogP) is 1.46. The summed E-state index contributed by atoms with van der Waals surface area (Å²) in [6, 6.07) is 0.614. The number of nitrogens with one attached hydrogen (secondary N) is 1. The van der Waals surface area contributed by atoms with Crippen molar-refractivity contribution >= 4 is 5.91 Å². The van der Waals surface area contributed by atoms with Crippen LogP contribution in [-0.2, 0) is 4.79 Å². The van der Waals surface area contributed by atoms with E-state index in [9.17, 15) is 4.79 Å². The third-order valence-corrected chi connectivity index (χ3v) is 4.92. The molecule has 4 nitrogen and oxygen atoms in total. The van der Waals surface area contributed by atoms with Gasteiger partial charge >= 0.3 is 0 Å². The molecule has 1 N–H and O–H groups in total. The number of nitrogens with zero attached hydrogens (tertiary/aromatic N) is 2. The highest BCUT2D eigenvalue weighted by Gasteiger charge is 2.28. The lowest BCUT2D eigenvalue weighted by molar-refractivity contribution is -0.133. The molecule has 1 amide bonds. The molecule has 0 aromatic carbocycles. The van der Waals surface area contributed by atoms with Gasteiger partial charge in [0.25, 0.3) is 0 Å². The lowest BCUT2D eigenvalue weighted by Gasteiger charge is -2.31. The fraction of sp³-hybridized carbons (Fsp3) is 0.938. The number of hydrogen-bond donors (Lipinski definition) is 1. The maximum Gasteiger partial charge on any atom is 0.236 e. The second-order valence-corrected chi connectivity index (χ2v) is 6.87. The Bertz CT molecular complexity index is 318. The molecule has 0 spiro atoms. The number of piperidine rings is 1. The van der Waals surface area contributed by atoms with E-state index in [1.165, 1.54) is 44.9 Å². The third-order valence-electron chi connectivity index (χ3n) is 4.92. The summed E-state index contributed by atoms with van der Waals surface area (Å²) < 4.78 is 0. The molecular formula is C16H29N3O. The molecule has 0 aromatic heterocycles. The highest BCUT2D eigenvalue weighted by molar-refractivity contribution is 5.78.